The quantitative estimate of drug-likeness (QED) is 0.681. The predicted octanol–water partition coefficient (Wildman–Crippen LogP) is 2.54. The second-order valence-electron chi connectivity index (χ2n) is 3.45. The lowest BCUT2D eigenvalue weighted by molar-refractivity contribution is 0.672. The lowest BCUT2D eigenvalue weighted by Crippen LogP contribution is -2.14. The van der Waals surface area contributed by atoms with Crippen molar-refractivity contribution in [1.82, 2.24) is 5.32 Å². The van der Waals surface area contributed by atoms with Crippen molar-refractivity contribution in [3.63, 3.8) is 0 Å². The highest BCUT2D eigenvalue weighted by Crippen LogP contribution is 2.05. The van der Waals surface area contributed by atoms with Crippen molar-refractivity contribution < 1.29 is 0 Å². The topological polar surface area (TPSA) is 12.0 Å². The molecule has 1 heteroatoms. The van der Waals surface area contributed by atoms with Gasteiger partial charge in [0.05, 0.1) is 0 Å². The zero-order chi connectivity index (χ0) is 9.52. The second kappa shape index (κ2) is 5.76. The van der Waals surface area contributed by atoms with Gasteiger partial charge in [0.15, 0.2) is 0 Å². The van der Waals surface area contributed by atoms with Crippen LogP contribution in [0.2, 0.25) is 0 Å². The predicted molar refractivity (Wildman–Crippen MR) is 58.0 cm³/mol. The van der Waals surface area contributed by atoms with E-state index in [1.54, 1.807) is 0 Å². The maximum Gasteiger partial charge on any atom is -0.00459 e. The maximum atomic E-state index is 3.33. The van der Waals surface area contributed by atoms with Crippen LogP contribution in [0.3, 0.4) is 0 Å². The standard InChI is InChI=1S/C12H19N/c1-3-13-9-5-8-12-7-4-6-11(2)10-12/h4,6-7,10,13H,3,5,8-9H2,1-2H3. The fourth-order valence-corrected chi connectivity index (χ4v) is 1.46. The molecule has 0 bridgehead atoms. The first-order valence-corrected chi connectivity index (χ1v) is 5.09. The number of aryl methyl sites for hydroxylation is 2. The van der Waals surface area contributed by atoms with Crippen LogP contribution < -0.4 is 5.32 Å². The molecular formula is C12H19N. The van der Waals surface area contributed by atoms with Crippen LogP contribution >= 0.6 is 0 Å². The largest absolute Gasteiger partial charge is 0.317 e. The average Bonchev–Trinajstić information content (AvgIpc) is 2.13. The van der Waals surface area contributed by atoms with Gasteiger partial charge in [-0.1, -0.05) is 36.8 Å². The summed E-state index contributed by atoms with van der Waals surface area (Å²) in [5.74, 6) is 0. The Morgan fingerprint density at radius 3 is 2.85 bits per heavy atom. The van der Waals surface area contributed by atoms with Crippen molar-refractivity contribution in [2.45, 2.75) is 26.7 Å². The molecule has 0 aliphatic heterocycles. The lowest BCUT2D eigenvalue weighted by Gasteiger charge is -2.03. The van der Waals surface area contributed by atoms with E-state index in [1.807, 2.05) is 0 Å². The van der Waals surface area contributed by atoms with Gasteiger partial charge in [-0.05, 0) is 38.4 Å². The van der Waals surface area contributed by atoms with Crippen LogP contribution in [0.25, 0.3) is 0 Å². The summed E-state index contributed by atoms with van der Waals surface area (Å²) in [4.78, 5) is 0. The van der Waals surface area contributed by atoms with Crippen molar-refractivity contribution in [3.8, 4) is 0 Å². The molecule has 0 atom stereocenters. The molecule has 13 heavy (non-hydrogen) atoms. The van der Waals surface area contributed by atoms with Crippen molar-refractivity contribution in [3.05, 3.63) is 35.4 Å². The number of hydrogen-bond donors (Lipinski definition) is 1. The molecule has 0 aliphatic carbocycles. The Morgan fingerprint density at radius 2 is 2.15 bits per heavy atom. The van der Waals surface area contributed by atoms with Crippen LogP contribution in [0, 0.1) is 6.92 Å². The molecule has 72 valence electrons. The van der Waals surface area contributed by atoms with Gasteiger partial charge in [0.1, 0.15) is 0 Å². The Bertz CT molecular complexity index is 243. The molecule has 0 aliphatic rings. The van der Waals surface area contributed by atoms with Crippen LogP contribution in [0.4, 0.5) is 0 Å². The van der Waals surface area contributed by atoms with E-state index in [9.17, 15) is 0 Å². The SMILES string of the molecule is CCNCCCc1cccc(C)c1. The first-order chi connectivity index (χ1) is 6.33. The van der Waals surface area contributed by atoms with E-state index in [0.29, 0.717) is 0 Å². The molecule has 0 heterocycles. The van der Waals surface area contributed by atoms with Gasteiger partial charge >= 0.3 is 0 Å². The third-order valence-corrected chi connectivity index (χ3v) is 2.15. The van der Waals surface area contributed by atoms with E-state index in [0.717, 1.165) is 13.1 Å². The van der Waals surface area contributed by atoms with Crippen molar-refractivity contribution in [2.24, 2.45) is 0 Å². The molecule has 1 rings (SSSR count). The first-order valence-electron chi connectivity index (χ1n) is 5.09. The molecule has 1 nitrogen and oxygen atoms in total. The lowest BCUT2D eigenvalue weighted by atomic mass is 10.1. The minimum atomic E-state index is 1.08. The molecular weight excluding hydrogens is 158 g/mol. The van der Waals surface area contributed by atoms with Crippen LogP contribution in [0.5, 0.6) is 0 Å². The molecule has 0 radical (unpaired) electrons. The van der Waals surface area contributed by atoms with E-state index in [2.05, 4.69) is 43.4 Å². The zero-order valence-electron chi connectivity index (χ0n) is 8.64. The number of hydrogen-bond acceptors (Lipinski definition) is 1. The van der Waals surface area contributed by atoms with Gasteiger partial charge in [0.25, 0.3) is 0 Å². The zero-order valence-corrected chi connectivity index (χ0v) is 8.64. The Kier molecular flexibility index (Phi) is 4.55. The van der Waals surface area contributed by atoms with E-state index < -0.39 is 0 Å². The Labute approximate surface area is 81.2 Å². The van der Waals surface area contributed by atoms with Gasteiger partial charge in [-0.2, -0.15) is 0 Å². The number of nitrogens with one attached hydrogen (secondary N) is 1. The molecule has 0 aromatic heterocycles. The van der Waals surface area contributed by atoms with Gasteiger partial charge in [0.2, 0.25) is 0 Å². The summed E-state index contributed by atoms with van der Waals surface area (Å²) in [7, 11) is 0. The van der Waals surface area contributed by atoms with Gasteiger partial charge in [-0.25, -0.2) is 0 Å². The molecule has 1 N–H and O–H groups in total. The van der Waals surface area contributed by atoms with E-state index >= 15 is 0 Å². The van der Waals surface area contributed by atoms with E-state index in [4.69, 9.17) is 0 Å². The summed E-state index contributed by atoms with van der Waals surface area (Å²) in [5.41, 5.74) is 2.82. The molecule has 0 saturated heterocycles. The number of benzene rings is 1. The molecule has 1 aromatic carbocycles. The second-order valence-corrected chi connectivity index (χ2v) is 3.45. The monoisotopic (exact) mass is 177 g/mol. The minimum Gasteiger partial charge on any atom is -0.317 e. The summed E-state index contributed by atoms with van der Waals surface area (Å²) < 4.78 is 0. The Hall–Kier alpha value is -0.820. The molecule has 0 unspecified atom stereocenters. The normalized spacial score (nSPS) is 10.3. The average molecular weight is 177 g/mol. The van der Waals surface area contributed by atoms with Crippen molar-refractivity contribution >= 4 is 0 Å². The van der Waals surface area contributed by atoms with Crippen LogP contribution in [0.15, 0.2) is 24.3 Å². The first kappa shape index (κ1) is 10.3. The van der Waals surface area contributed by atoms with E-state index in [1.165, 1.54) is 24.0 Å². The molecule has 0 spiro atoms. The highest BCUT2D eigenvalue weighted by Gasteiger charge is 1.92. The molecule has 1 aromatic rings. The highest BCUT2D eigenvalue weighted by atomic mass is 14.8. The smallest absolute Gasteiger partial charge is 0.00459 e. The summed E-state index contributed by atoms with van der Waals surface area (Å²) in [5, 5.41) is 3.33. The summed E-state index contributed by atoms with van der Waals surface area (Å²) in [6, 6.07) is 8.76. The number of rotatable bonds is 5. The fourth-order valence-electron chi connectivity index (χ4n) is 1.46. The van der Waals surface area contributed by atoms with Gasteiger partial charge in [-0.3, -0.25) is 0 Å². The Morgan fingerprint density at radius 1 is 1.31 bits per heavy atom. The molecule has 0 amide bonds. The van der Waals surface area contributed by atoms with Gasteiger partial charge in [0, 0.05) is 0 Å². The van der Waals surface area contributed by atoms with Crippen LogP contribution in [-0.4, -0.2) is 13.1 Å². The summed E-state index contributed by atoms with van der Waals surface area (Å²) >= 11 is 0. The summed E-state index contributed by atoms with van der Waals surface area (Å²) in [6.45, 7) is 6.50. The third kappa shape index (κ3) is 4.09. The van der Waals surface area contributed by atoms with Crippen molar-refractivity contribution in [2.75, 3.05) is 13.1 Å². The maximum absolute atomic E-state index is 3.33. The minimum absolute atomic E-state index is 1.08. The molecule has 0 fully saturated rings. The fraction of sp³-hybridized carbons (Fsp3) is 0.500. The Balaban J connectivity index is 2.28. The summed E-state index contributed by atoms with van der Waals surface area (Å²) in [6.07, 6.45) is 2.42. The van der Waals surface area contributed by atoms with Gasteiger partial charge in [-0.15, -0.1) is 0 Å². The molecule has 0 saturated carbocycles. The van der Waals surface area contributed by atoms with E-state index in [-0.39, 0.29) is 0 Å². The third-order valence-electron chi connectivity index (χ3n) is 2.15. The van der Waals surface area contributed by atoms with Crippen molar-refractivity contribution in [1.29, 1.82) is 0 Å². The van der Waals surface area contributed by atoms with Crippen LogP contribution in [-0.2, 0) is 6.42 Å². The van der Waals surface area contributed by atoms with Gasteiger partial charge < -0.3 is 5.32 Å². The highest BCUT2D eigenvalue weighted by molar-refractivity contribution is 5.22. The van der Waals surface area contributed by atoms with Crippen LogP contribution in [0.1, 0.15) is 24.5 Å².